The molecule has 1 heterocycles. The molecule has 0 bridgehead atoms. The van der Waals surface area contributed by atoms with Gasteiger partial charge in [-0.05, 0) is 35.8 Å². The van der Waals surface area contributed by atoms with Crippen LogP contribution < -0.4 is 9.47 Å². The average molecular weight is 319 g/mol. The van der Waals surface area contributed by atoms with Crippen LogP contribution in [-0.2, 0) is 4.79 Å². The molecule has 1 aromatic carbocycles. The second-order valence-corrected chi connectivity index (χ2v) is 6.96. The highest BCUT2D eigenvalue weighted by molar-refractivity contribution is 5.77. The molecule has 1 aliphatic heterocycles. The Hall–Kier alpha value is -1.71. The van der Waals surface area contributed by atoms with Gasteiger partial charge in [-0.15, -0.1) is 0 Å². The Kier molecular flexibility index (Phi) is 5.91. The third-order valence-corrected chi connectivity index (χ3v) is 4.67. The molecule has 3 atom stereocenters. The Balaban J connectivity index is 2.06. The SMILES string of the molecule is COc1ccc(C(C)CC(=O)N2CC(C)CC(C)C2)c(OC)c1. The van der Waals surface area contributed by atoms with Gasteiger partial charge in [0, 0.05) is 25.6 Å². The van der Waals surface area contributed by atoms with Gasteiger partial charge in [0.25, 0.3) is 0 Å². The van der Waals surface area contributed by atoms with E-state index in [4.69, 9.17) is 9.47 Å². The zero-order valence-electron chi connectivity index (χ0n) is 15.0. The van der Waals surface area contributed by atoms with E-state index in [2.05, 4.69) is 20.8 Å². The molecule has 1 aromatic rings. The quantitative estimate of drug-likeness (QED) is 0.830. The molecule has 1 aliphatic rings. The van der Waals surface area contributed by atoms with Gasteiger partial charge in [-0.3, -0.25) is 4.79 Å². The summed E-state index contributed by atoms with van der Waals surface area (Å²) in [6.45, 7) is 8.31. The number of benzene rings is 1. The molecule has 0 radical (unpaired) electrons. The van der Waals surface area contributed by atoms with Crippen molar-refractivity contribution in [1.29, 1.82) is 0 Å². The number of hydrogen-bond donors (Lipinski definition) is 0. The van der Waals surface area contributed by atoms with E-state index in [9.17, 15) is 4.79 Å². The van der Waals surface area contributed by atoms with Crippen molar-refractivity contribution in [3.8, 4) is 11.5 Å². The number of hydrogen-bond acceptors (Lipinski definition) is 3. The fourth-order valence-electron chi connectivity index (χ4n) is 3.59. The first-order chi connectivity index (χ1) is 10.9. The first-order valence-corrected chi connectivity index (χ1v) is 8.44. The van der Waals surface area contributed by atoms with E-state index in [1.54, 1.807) is 14.2 Å². The summed E-state index contributed by atoms with van der Waals surface area (Å²) in [6.07, 6.45) is 1.73. The van der Waals surface area contributed by atoms with Crippen molar-refractivity contribution >= 4 is 5.91 Å². The number of rotatable bonds is 5. The third-order valence-electron chi connectivity index (χ3n) is 4.67. The van der Waals surface area contributed by atoms with Crippen LogP contribution in [0.25, 0.3) is 0 Å². The van der Waals surface area contributed by atoms with E-state index in [0.717, 1.165) is 30.2 Å². The molecule has 0 spiro atoms. The molecule has 0 aliphatic carbocycles. The second kappa shape index (κ2) is 7.71. The van der Waals surface area contributed by atoms with E-state index in [0.29, 0.717) is 18.3 Å². The van der Waals surface area contributed by atoms with E-state index in [-0.39, 0.29) is 11.8 Å². The minimum Gasteiger partial charge on any atom is -0.497 e. The van der Waals surface area contributed by atoms with Crippen LogP contribution in [0.1, 0.15) is 45.1 Å². The highest BCUT2D eigenvalue weighted by Crippen LogP contribution is 2.33. The number of amides is 1. The molecular weight excluding hydrogens is 290 g/mol. The van der Waals surface area contributed by atoms with Gasteiger partial charge in [0.1, 0.15) is 11.5 Å². The summed E-state index contributed by atoms with van der Waals surface area (Å²) in [5.74, 6) is 3.10. The van der Waals surface area contributed by atoms with Crippen LogP contribution in [0.2, 0.25) is 0 Å². The molecule has 2 rings (SSSR count). The van der Waals surface area contributed by atoms with Crippen LogP contribution in [0.15, 0.2) is 18.2 Å². The number of ether oxygens (including phenoxy) is 2. The lowest BCUT2D eigenvalue weighted by molar-refractivity contribution is -0.134. The third kappa shape index (κ3) is 4.40. The molecule has 0 aromatic heterocycles. The smallest absolute Gasteiger partial charge is 0.223 e. The van der Waals surface area contributed by atoms with Gasteiger partial charge in [0.05, 0.1) is 14.2 Å². The zero-order chi connectivity index (χ0) is 17.0. The van der Waals surface area contributed by atoms with Crippen molar-refractivity contribution in [2.45, 2.75) is 39.5 Å². The molecule has 4 heteroatoms. The standard InChI is InChI=1S/C19H29NO3/c1-13-8-14(2)12-20(11-13)19(21)9-15(3)17-7-6-16(22-4)10-18(17)23-5/h6-7,10,13-15H,8-9,11-12H2,1-5H3. The topological polar surface area (TPSA) is 38.8 Å². The summed E-state index contributed by atoms with van der Waals surface area (Å²) in [4.78, 5) is 14.7. The lowest BCUT2D eigenvalue weighted by Crippen LogP contribution is -2.42. The van der Waals surface area contributed by atoms with Gasteiger partial charge in [-0.2, -0.15) is 0 Å². The van der Waals surface area contributed by atoms with Crippen molar-refractivity contribution in [3.63, 3.8) is 0 Å². The van der Waals surface area contributed by atoms with Crippen LogP contribution in [-0.4, -0.2) is 38.1 Å². The molecule has 1 amide bonds. The Morgan fingerprint density at radius 2 is 1.87 bits per heavy atom. The molecule has 3 unspecified atom stereocenters. The van der Waals surface area contributed by atoms with Crippen LogP contribution in [0.5, 0.6) is 11.5 Å². The van der Waals surface area contributed by atoms with E-state index in [1.807, 2.05) is 23.1 Å². The first kappa shape index (κ1) is 17.6. The summed E-state index contributed by atoms with van der Waals surface area (Å²) in [7, 11) is 3.29. The zero-order valence-corrected chi connectivity index (χ0v) is 15.0. The Morgan fingerprint density at radius 3 is 2.43 bits per heavy atom. The summed E-state index contributed by atoms with van der Waals surface area (Å²) < 4.78 is 10.7. The summed E-state index contributed by atoms with van der Waals surface area (Å²) in [5, 5.41) is 0. The van der Waals surface area contributed by atoms with Crippen LogP contribution in [0, 0.1) is 11.8 Å². The number of nitrogens with zero attached hydrogens (tertiary/aromatic N) is 1. The van der Waals surface area contributed by atoms with E-state index >= 15 is 0 Å². The number of likely N-dealkylation sites (tertiary alicyclic amines) is 1. The van der Waals surface area contributed by atoms with Crippen LogP contribution in [0.3, 0.4) is 0 Å². The van der Waals surface area contributed by atoms with Gasteiger partial charge in [0.2, 0.25) is 5.91 Å². The van der Waals surface area contributed by atoms with Crippen molar-refractivity contribution < 1.29 is 14.3 Å². The Labute approximate surface area is 139 Å². The normalized spacial score (nSPS) is 22.6. The minimum absolute atomic E-state index is 0.121. The number of piperidine rings is 1. The number of carbonyl (C=O) groups excluding carboxylic acids is 1. The number of carbonyl (C=O) groups is 1. The van der Waals surface area contributed by atoms with E-state index < -0.39 is 0 Å². The van der Waals surface area contributed by atoms with Gasteiger partial charge in [0.15, 0.2) is 0 Å². The molecular formula is C19H29NO3. The molecule has 0 saturated carbocycles. The second-order valence-electron chi connectivity index (χ2n) is 6.96. The molecule has 0 N–H and O–H groups in total. The average Bonchev–Trinajstić information content (AvgIpc) is 2.53. The van der Waals surface area contributed by atoms with Crippen molar-refractivity contribution in [2.24, 2.45) is 11.8 Å². The fraction of sp³-hybridized carbons (Fsp3) is 0.632. The molecule has 1 saturated heterocycles. The summed E-state index contributed by atoms with van der Waals surface area (Å²) in [5.41, 5.74) is 1.06. The van der Waals surface area contributed by atoms with Gasteiger partial charge < -0.3 is 14.4 Å². The Bertz CT molecular complexity index is 533. The van der Waals surface area contributed by atoms with Gasteiger partial charge in [-0.1, -0.05) is 26.8 Å². The predicted molar refractivity (Wildman–Crippen MR) is 92.1 cm³/mol. The molecule has 4 nitrogen and oxygen atoms in total. The molecule has 1 fully saturated rings. The van der Waals surface area contributed by atoms with Gasteiger partial charge in [-0.25, -0.2) is 0 Å². The van der Waals surface area contributed by atoms with E-state index in [1.165, 1.54) is 6.42 Å². The van der Waals surface area contributed by atoms with Crippen molar-refractivity contribution in [1.82, 2.24) is 4.90 Å². The minimum atomic E-state index is 0.121. The number of methoxy groups -OCH3 is 2. The highest BCUT2D eigenvalue weighted by Gasteiger charge is 2.27. The molecule has 128 valence electrons. The Morgan fingerprint density at radius 1 is 1.22 bits per heavy atom. The van der Waals surface area contributed by atoms with Gasteiger partial charge >= 0.3 is 0 Å². The van der Waals surface area contributed by atoms with Crippen LogP contribution in [0.4, 0.5) is 0 Å². The first-order valence-electron chi connectivity index (χ1n) is 8.44. The summed E-state index contributed by atoms with van der Waals surface area (Å²) >= 11 is 0. The lowest BCUT2D eigenvalue weighted by atomic mass is 9.90. The monoisotopic (exact) mass is 319 g/mol. The fourth-order valence-corrected chi connectivity index (χ4v) is 3.59. The van der Waals surface area contributed by atoms with Crippen LogP contribution >= 0.6 is 0 Å². The largest absolute Gasteiger partial charge is 0.497 e. The highest BCUT2D eigenvalue weighted by atomic mass is 16.5. The van der Waals surface area contributed by atoms with Crippen molar-refractivity contribution in [2.75, 3.05) is 27.3 Å². The lowest BCUT2D eigenvalue weighted by Gasteiger charge is -2.35. The maximum absolute atomic E-state index is 12.7. The maximum atomic E-state index is 12.7. The van der Waals surface area contributed by atoms with Crippen molar-refractivity contribution in [3.05, 3.63) is 23.8 Å². The molecule has 23 heavy (non-hydrogen) atoms. The predicted octanol–water partition coefficient (Wildman–Crippen LogP) is 3.70. The summed E-state index contributed by atoms with van der Waals surface area (Å²) in [6, 6.07) is 5.79. The maximum Gasteiger partial charge on any atom is 0.223 e.